The zero-order valence-corrected chi connectivity index (χ0v) is 17.2. The second-order valence-electron chi connectivity index (χ2n) is 6.42. The largest absolute Gasteiger partial charge is 0.494 e. The van der Waals surface area contributed by atoms with E-state index in [0.29, 0.717) is 6.61 Å². The Morgan fingerprint density at radius 2 is 1.78 bits per heavy atom. The maximum absolute atomic E-state index is 13.4. The molecule has 3 nitrogen and oxygen atoms in total. The number of nitrogens with zero attached hydrogens (tertiary/aromatic N) is 2. The van der Waals surface area contributed by atoms with Gasteiger partial charge in [-0.1, -0.05) is 18.2 Å². The quantitative estimate of drug-likeness (QED) is 0.473. The molecule has 0 saturated heterocycles. The number of aromatic nitrogens is 1. The van der Waals surface area contributed by atoms with Gasteiger partial charge in [-0.2, -0.15) is 0 Å². The van der Waals surface area contributed by atoms with Gasteiger partial charge < -0.3 is 9.64 Å². The molecule has 0 radical (unpaired) electrons. The lowest BCUT2D eigenvalue weighted by atomic mass is 10.1. The van der Waals surface area contributed by atoms with Gasteiger partial charge in [0.05, 0.1) is 17.8 Å². The zero-order chi connectivity index (χ0) is 17.6. The first-order chi connectivity index (χ1) is 12.1. The van der Waals surface area contributed by atoms with Crippen LogP contribution in [0.4, 0.5) is 4.39 Å². The SMILES string of the molecule is CN(C)CCCCOc1ccc2nc(-c3cccc(F)c3)ccc2c1.Cl.Cl. The summed E-state index contributed by atoms with van der Waals surface area (Å²) in [6, 6.07) is 16.3. The summed E-state index contributed by atoms with van der Waals surface area (Å²) < 4.78 is 19.2. The number of unbranched alkanes of at least 4 members (excludes halogenated alkanes) is 1. The van der Waals surface area contributed by atoms with Crippen molar-refractivity contribution in [1.82, 2.24) is 9.88 Å². The van der Waals surface area contributed by atoms with E-state index in [1.165, 1.54) is 12.1 Å². The molecule has 0 unspecified atom stereocenters. The van der Waals surface area contributed by atoms with Crippen molar-refractivity contribution in [3.05, 3.63) is 60.4 Å². The van der Waals surface area contributed by atoms with Crippen LogP contribution in [0.15, 0.2) is 54.6 Å². The molecule has 3 aromatic rings. The molecule has 6 heteroatoms. The van der Waals surface area contributed by atoms with Gasteiger partial charge in [0.2, 0.25) is 0 Å². The standard InChI is InChI=1S/C21H23FN2O.2ClH/c1-24(2)12-3-4-13-25-19-9-11-21-17(15-19)8-10-20(23-21)16-6-5-7-18(22)14-16;;/h5-11,14-15H,3-4,12-13H2,1-2H3;2*1H. The molecular weight excluding hydrogens is 386 g/mol. The van der Waals surface area contributed by atoms with Crippen molar-refractivity contribution < 1.29 is 9.13 Å². The number of rotatable bonds is 7. The minimum absolute atomic E-state index is 0. The third-order valence-electron chi connectivity index (χ3n) is 4.05. The number of pyridine rings is 1. The van der Waals surface area contributed by atoms with Crippen molar-refractivity contribution in [2.75, 3.05) is 27.2 Å². The van der Waals surface area contributed by atoms with Crippen LogP contribution in [0.5, 0.6) is 5.75 Å². The molecule has 0 N–H and O–H groups in total. The Hall–Kier alpha value is -1.88. The summed E-state index contributed by atoms with van der Waals surface area (Å²) in [6.45, 7) is 1.79. The van der Waals surface area contributed by atoms with Gasteiger partial charge in [0, 0.05) is 10.9 Å². The van der Waals surface area contributed by atoms with Gasteiger partial charge in [-0.3, -0.25) is 0 Å². The summed E-state index contributed by atoms with van der Waals surface area (Å²) in [5.41, 5.74) is 2.43. The van der Waals surface area contributed by atoms with Gasteiger partial charge in [-0.25, -0.2) is 9.37 Å². The maximum Gasteiger partial charge on any atom is 0.123 e. The highest BCUT2D eigenvalue weighted by Crippen LogP contribution is 2.24. The highest BCUT2D eigenvalue weighted by molar-refractivity contribution is 5.85. The average molecular weight is 411 g/mol. The Bertz CT molecular complexity index is 858. The first kappa shape index (κ1) is 23.2. The fraction of sp³-hybridized carbons (Fsp3) is 0.286. The average Bonchev–Trinajstić information content (AvgIpc) is 2.60. The first-order valence-corrected chi connectivity index (χ1v) is 8.56. The molecule has 0 aliphatic rings. The van der Waals surface area contributed by atoms with Crippen molar-refractivity contribution in [2.45, 2.75) is 12.8 Å². The predicted octanol–water partition coefficient (Wildman–Crippen LogP) is 5.61. The molecule has 27 heavy (non-hydrogen) atoms. The summed E-state index contributed by atoms with van der Waals surface area (Å²) in [4.78, 5) is 6.81. The Labute approximate surface area is 172 Å². The molecule has 0 spiro atoms. The van der Waals surface area contributed by atoms with Crippen molar-refractivity contribution in [1.29, 1.82) is 0 Å². The lowest BCUT2D eigenvalue weighted by molar-refractivity contribution is 0.293. The minimum atomic E-state index is -0.252. The number of hydrogen-bond donors (Lipinski definition) is 0. The fourth-order valence-electron chi connectivity index (χ4n) is 2.72. The van der Waals surface area contributed by atoms with E-state index in [1.807, 2.05) is 36.4 Å². The van der Waals surface area contributed by atoms with E-state index in [-0.39, 0.29) is 30.6 Å². The highest BCUT2D eigenvalue weighted by Gasteiger charge is 2.04. The van der Waals surface area contributed by atoms with E-state index < -0.39 is 0 Å². The Kier molecular flexibility index (Phi) is 9.50. The number of halogens is 3. The lowest BCUT2D eigenvalue weighted by Gasteiger charge is -2.10. The molecule has 0 fully saturated rings. The van der Waals surface area contributed by atoms with Crippen LogP contribution in [0.3, 0.4) is 0 Å². The number of hydrogen-bond acceptors (Lipinski definition) is 3. The van der Waals surface area contributed by atoms with Crippen molar-refractivity contribution >= 4 is 35.7 Å². The summed E-state index contributed by atoms with van der Waals surface area (Å²) in [7, 11) is 4.16. The molecule has 0 atom stereocenters. The smallest absolute Gasteiger partial charge is 0.123 e. The molecule has 3 rings (SSSR count). The van der Waals surface area contributed by atoms with Gasteiger partial charge in [-0.15, -0.1) is 24.8 Å². The monoisotopic (exact) mass is 410 g/mol. The lowest BCUT2D eigenvalue weighted by Crippen LogP contribution is -2.13. The van der Waals surface area contributed by atoms with E-state index in [1.54, 1.807) is 6.07 Å². The Balaban J connectivity index is 0.00000182. The number of benzene rings is 2. The molecule has 0 amide bonds. The second kappa shape index (κ2) is 11.1. The molecule has 0 saturated carbocycles. The predicted molar refractivity (Wildman–Crippen MR) is 115 cm³/mol. The van der Waals surface area contributed by atoms with Crippen molar-refractivity contribution in [2.24, 2.45) is 0 Å². The zero-order valence-electron chi connectivity index (χ0n) is 15.5. The topological polar surface area (TPSA) is 25.4 Å². The highest BCUT2D eigenvalue weighted by atomic mass is 35.5. The van der Waals surface area contributed by atoms with Crippen LogP contribution in [0.25, 0.3) is 22.2 Å². The minimum Gasteiger partial charge on any atom is -0.494 e. The molecule has 0 aliphatic carbocycles. The van der Waals surface area contributed by atoms with E-state index in [0.717, 1.165) is 47.3 Å². The first-order valence-electron chi connectivity index (χ1n) is 8.56. The summed E-state index contributed by atoms with van der Waals surface area (Å²) in [5, 5.41) is 1.02. The molecule has 0 aliphatic heterocycles. The van der Waals surface area contributed by atoms with Gasteiger partial charge in [0.15, 0.2) is 0 Å². The van der Waals surface area contributed by atoms with Crippen LogP contribution in [0.1, 0.15) is 12.8 Å². The van der Waals surface area contributed by atoms with Gasteiger partial charge in [0.1, 0.15) is 11.6 Å². The van der Waals surface area contributed by atoms with Crippen LogP contribution >= 0.6 is 24.8 Å². The fourth-order valence-corrected chi connectivity index (χ4v) is 2.72. The second-order valence-corrected chi connectivity index (χ2v) is 6.42. The van der Waals surface area contributed by atoms with Crippen LogP contribution in [0, 0.1) is 5.82 Å². The van der Waals surface area contributed by atoms with E-state index in [9.17, 15) is 4.39 Å². The van der Waals surface area contributed by atoms with Gasteiger partial charge in [-0.05, 0) is 69.9 Å². The Morgan fingerprint density at radius 1 is 0.963 bits per heavy atom. The summed E-state index contributed by atoms with van der Waals surface area (Å²) in [6.07, 6.45) is 2.16. The van der Waals surface area contributed by atoms with Crippen LogP contribution in [-0.2, 0) is 0 Å². The summed E-state index contributed by atoms with van der Waals surface area (Å²) >= 11 is 0. The van der Waals surface area contributed by atoms with Crippen LogP contribution in [0.2, 0.25) is 0 Å². The Morgan fingerprint density at radius 3 is 2.52 bits per heavy atom. The van der Waals surface area contributed by atoms with Crippen LogP contribution < -0.4 is 4.74 Å². The number of ether oxygens (including phenoxy) is 1. The third kappa shape index (κ3) is 6.65. The normalized spacial score (nSPS) is 10.4. The van der Waals surface area contributed by atoms with Crippen LogP contribution in [-0.4, -0.2) is 37.1 Å². The van der Waals surface area contributed by atoms with E-state index >= 15 is 0 Å². The number of fused-ring (bicyclic) bond motifs is 1. The van der Waals surface area contributed by atoms with E-state index in [4.69, 9.17) is 4.74 Å². The molecule has 2 aromatic carbocycles. The molecule has 1 aromatic heterocycles. The molecule has 0 bridgehead atoms. The van der Waals surface area contributed by atoms with Gasteiger partial charge in [0.25, 0.3) is 0 Å². The third-order valence-corrected chi connectivity index (χ3v) is 4.05. The molecular formula is C21H25Cl2FN2O. The maximum atomic E-state index is 13.4. The van der Waals surface area contributed by atoms with E-state index in [2.05, 4.69) is 24.0 Å². The van der Waals surface area contributed by atoms with Crippen molar-refractivity contribution in [3.63, 3.8) is 0 Å². The van der Waals surface area contributed by atoms with Crippen molar-refractivity contribution in [3.8, 4) is 17.0 Å². The molecule has 1 heterocycles. The summed E-state index contributed by atoms with van der Waals surface area (Å²) in [5.74, 6) is 0.607. The van der Waals surface area contributed by atoms with Gasteiger partial charge >= 0.3 is 0 Å². The molecule has 146 valence electrons.